The van der Waals surface area contributed by atoms with E-state index in [1.54, 1.807) is 0 Å². The van der Waals surface area contributed by atoms with Crippen molar-refractivity contribution < 1.29 is 4.79 Å². The molecule has 0 heterocycles. The molecule has 2 aliphatic carbocycles. The summed E-state index contributed by atoms with van der Waals surface area (Å²) in [7, 11) is 0. The molecule has 3 unspecified atom stereocenters. The molecule has 0 saturated heterocycles. The summed E-state index contributed by atoms with van der Waals surface area (Å²) in [4.78, 5) is 12.6. The number of fused-ring (bicyclic) bond motifs is 2. The molecule has 4 rings (SSSR count). The van der Waals surface area contributed by atoms with Crippen molar-refractivity contribution in [3.8, 4) is 0 Å². The number of amides is 1. The van der Waals surface area contributed by atoms with Gasteiger partial charge in [0.05, 0.1) is 5.71 Å². The molecule has 1 amide bonds. The van der Waals surface area contributed by atoms with Gasteiger partial charge in [0.15, 0.2) is 0 Å². The van der Waals surface area contributed by atoms with Crippen molar-refractivity contribution in [2.24, 2.45) is 22.4 Å². The van der Waals surface area contributed by atoms with Crippen LogP contribution in [0.25, 0.3) is 10.8 Å². The minimum absolute atomic E-state index is 0.101. The predicted octanol–water partition coefficient (Wildman–Crippen LogP) is 4.51. The van der Waals surface area contributed by atoms with Crippen molar-refractivity contribution >= 4 is 22.4 Å². The summed E-state index contributed by atoms with van der Waals surface area (Å²) in [5, 5.41) is 6.77. The van der Waals surface area contributed by atoms with Crippen LogP contribution in [0.15, 0.2) is 47.6 Å². The summed E-state index contributed by atoms with van der Waals surface area (Å²) >= 11 is 0. The molecule has 0 aliphatic heterocycles. The monoisotopic (exact) mass is 320 g/mol. The van der Waals surface area contributed by atoms with Crippen LogP contribution in [0, 0.1) is 17.3 Å². The molecule has 24 heavy (non-hydrogen) atoms. The minimum Gasteiger partial charge on any atom is -0.273 e. The maximum atomic E-state index is 12.6. The molecule has 0 aromatic heterocycles. The van der Waals surface area contributed by atoms with Gasteiger partial charge in [-0.15, -0.1) is 0 Å². The molecular weight excluding hydrogens is 296 g/mol. The zero-order chi connectivity index (χ0) is 16.7. The third kappa shape index (κ3) is 2.43. The third-order valence-corrected chi connectivity index (χ3v) is 6.13. The molecule has 2 aliphatic rings. The van der Waals surface area contributed by atoms with Gasteiger partial charge in [-0.05, 0) is 41.9 Å². The Morgan fingerprint density at radius 3 is 2.75 bits per heavy atom. The zero-order valence-corrected chi connectivity index (χ0v) is 14.4. The second kappa shape index (κ2) is 5.73. The normalized spacial score (nSPS) is 29.2. The fraction of sp³-hybridized carbons (Fsp3) is 0.429. The molecule has 0 spiro atoms. The molecule has 2 fully saturated rings. The lowest BCUT2D eigenvalue weighted by atomic mass is 9.90. The first-order chi connectivity index (χ1) is 11.6. The Bertz CT molecular complexity index is 820. The number of rotatable bonds is 3. The van der Waals surface area contributed by atoms with Gasteiger partial charge in [-0.2, -0.15) is 5.10 Å². The van der Waals surface area contributed by atoms with Gasteiger partial charge in [0.25, 0.3) is 0 Å². The average Bonchev–Trinajstić information content (AvgIpc) is 3.24. The standard InChI is InChI=1S/C21H24N2O/c1-14(16-11-7-9-15-8-3-4-10-17(15)16)22-23-20(24)19-18-12-5-6-13-21(18,19)2/h3-4,7-11,18-19H,5-6,12-13H2,1-2H3,(H,23,24). The number of benzene rings is 2. The van der Waals surface area contributed by atoms with Crippen LogP contribution in [0.4, 0.5) is 0 Å². The molecule has 2 aromatic carbocycles. The van der Waals surface area contributed by atoms with Crippen LogP contribution in [-0.2, 0) is 4.79 Å². The second-order valence-electron chi connectivity index (χ2n) is 7.54. The summed E-state index contributed by atoms with van der Waals surface area (Å²) in [6.45, 7) is 4.23. The summed E-state index contributed by atoms with van der Waals surface area (Å²) < 4.78 is 0. The van der Waals surface area contributed by atoms with Crippen LogP contribution < -0.4 is 5.43 Å². The Balaban J connectivity index is 1.52. The van der Waals surface area contributed by atoms with E-state index >= 15 is 0 Å². The van der Waals surface area contributed by atoms with Gasteiger partial charge >= 0.3 is 0 Å². The van der Waals surface area contributed by atoms with Crippen LogP contribution >= 0.6 is 0 Å². The number of hydrazone groups is 1. The first-order valence-corrected chi connectivity index (χ1v) is 8.93. The number of carbonyl (C=O) groups is 1. The van der Waals surface area contributed by atoms with Crippen LogP contribution in [0.5, 0.6) is 0 Å². The molecule has 2 aromatic rings. The predicted molar refractivity (Wildman–Crippen MR) is 97.9 cm³/mol. The Morgan fingerprint density at radius 2 is 1.96 bits per heavy atom. The molecular formula is C21H24N2O. The zero-order valence-electron chi connectivity index (χ0n) is 14.4. The molecule has 1 N–H and O–H groups in total. The van der Waals surface area contributed by atoms with Gasteiger partial charge in [-0.3, -0.25) is 4.79 Å². The average molecular weight is 320 g/mol. The highest BCUT2D eigenvalue weighted by Gasteiger charge is 2.64. The van der Waals surface area contributed by atoms with Gasteiger partial charge in [0.2, 0.25) is 5.91 Å². The lowest BCUT2D eigenvalue weighted by Gasteiger charge is -2.15. The molecule has 3 heteroatoms. The number of hydrogen-bond acceptors (Lipinski definition) is 2. The van der Waals surface area contributed by atoms with Crippen LogP contribution in [0.3, 0.4) is 0 Å². The SMILES string of the molecule is CC(=NNC(=O)C1C2CCCCC21C)c1cccc2ccccc12. The highest BCUT2D eigenvalue weighted by Crippen LogP contribution is 2.66. The van der Waals surface area contributed by atoms with Gasteiger partial charge in [-0.25, -0.2) is 5.43 Å². The Hall–Kier alpha value is -2.16. The van der Waals surface area contributed by atoms with E-state index in [1.165, 1.54) is 36.5 Å². The Labute approximate surface area is 143 Å². The largest absolute Gasteiger partial charge is 0.273 e. The quantitative estimate of drug-likeness (QED) is 0.656. The van der Waals surface area contributed by atoms with Crippen molar-refractivity contribution in [2.75, 3.05) is 0 Å². The maximum absolute atomic E-state index is 12.6. The van der Waals surface area contributed by atoms with Gasteiger partial charge in [0.1, 0.15) is 0 Å². The van der Waals surface area contributed by atoms with Crippen LogP contribution in [0.1, 0.15) is 45.1 Å². The fourth-order valence-electron chi connectivity index (χ4n) is 4.66. The van der Waals surface area contributed by atoms with E-state index < -0.39 is 0 Å². The summed E-state index contributed by atoms with van der Waals surface area (Å²) in [6, 6.07) is 14.5. The smallest absolute Gasteiger partial charge is 0.244 e. The molecule has 0 bridgehead atoms. The topological polar surface area (TPSA) is 41.5 Å². The van der Waals surface area contributed by atoms with Crippen LogP contribution in [0.2, 0.25) is 0 Å². The van der Waals surface area contributed by atoms with Crippen LogP contribution in [-0.4, -0.2) is 11.6 Å². The molecule has 124 valence electrons. The van der Waals surface area contributed by atoms with Crippen molar-refractivity contribution in [1.29, 1.82) is 0 Å². The Morgan fingerprint density at radius 1 is 1.17 bits per heavy atom. The van der Waals surface area contributed by atoms with E-state index in [9.17, 15) is 4.79 Å². The highest BCUT2D eigenvalue weighted by atomic mass is 16.2. The van der Waals surface area contributed by atoms with E-state index in [0.717, 1.165) is 11.3 Å². The fourth-order valence-corrected chi connectivity index (χ4v) is 4.66. The summed E-state index contributed by atoms with van der Waals surface area (Å²) in [5.41, 5.74) is 5.00. The van der Waals surface area contributed by atoms with Crippen molar-refractivity contribution in [1.82, 2.24) is 5.43 Å². The van der Waals surface area contributed by atoms with Gasteiger partial charge in [-0.1, -0.05) is 62.2 Å². The van der Waals surface area contributed by atoms with E-state index in [0.29, 0.717) is 5.92 Å². The Kier molecular flexibility index (Phi) is 3.67. The minimum atomic E-state index is 0.101. The van der Waals surface area contributed by atoms with Gasteiger partial charge < -0.3 is 0 Å². The van der Waals surface area contributed by atoms with Crippen molar-refractivity contribution in [3.63, 3.8) is 0 Å². The maximum Gasteiger partial charge on any atom is 0.244 e. The van der Waals surface area contributed by atoms with Crippen molar-refractivity contribution in [2.45, 2.75) is 39.5 Å². The number of nitrogens with one attached hydrogen (secondary N) is 1. The number of nitrogens with zero attached hydrogens (tertiary/aromatic N) is 1. The number of carbonyl (C=O) groups excluding carboxylic acids is 1. The first-order valence-electron chi connectivity index (χ1n) is 8.93. The molecule has 2 saturated carbocycles. The van der Waals surface area contributed by atoms with E-state index in [1.807, 2.05) is 25.1 Å². The van der Waals surface area contributed by atoms with E-state index in [4.69, 9.17) is 0 Å². The van der Waals surface area contributed by atoms with Crippen molar-refractivity contribution in [3.05, 3.63) is 48.0 Å². The molecule has 3 nitrogen and oxygen atoms in total. The lowest BCUT2D eigenvalue weighted by Crippen LogP contribution is -2.23. The second-order valence-corrected chi connectivity index (χ2v) is 7.54. The van der Waals surface area contributed by atoms with E-state index in [2.05, 4.69) is 41.7 Å². The molecule has 3 atom stereocenters. The molecule has 0 radical (unpaired) electrons. The lowest BCUT2D eigenvalue weighted by molar-refractivity contribution is -0.123. The first kappa shape index (κ1) is 15.4. The van der Waals surface area contributed by atoms with Gasteiger partial charge in [0, 0.05) is 11.5 Å². The summed E-state index contributed by atoms with van der Waals surface area (Å²) in [6.07, 6.45) is 4.90. The number of hydrogen-bond donors (Lipinski definition) is 1. The van der Waals surface area contributed by atoms with E-state index in [-0.39, 0.29) is 17.2 Å². The summed E-state index contributed by atoms with van der Waals surface area (Å²) in [5.74, 6) is 0.826. The third-order valence-electron chi connectivity index (χ3n) is 6.13. The highest BCUT2D eigenvalue weighted by molar-refractivity contribution is 6.10.